The standard InChI is InChI=1S/C13H16BrN5O2/c1-3-4-15-12-10(5-9(14)6-16-12)13(20)17-7-11-18-8(2)19-21-11/h5-6H,3-4,7H2,1-2H3,(H,15,16)(H,17,20). The van der Waals surface area contributed by atoms with E-state index in [0.29, 0.717) is 23.1 Å². The first-order valence-corrected chi connectivity index (χ1v) is 7.36. The van der Waals surface area contributed by atoms with E-state index in [1.165, 1.54) is 0 Å². The van der Waals surface area contributed by atoms with Gasteiger partial charge in [-0.1, -0.05) is 12.1 Å². The lowest BCUT2D eigenvalue weighted by molar-refractivity contribution is 0.0946. The summed E-state index contributed by atoms with van der Waals surface area (Å²) < 4.78 is 5.69. The zero-order chi connectivity index (χ0) is 15.2. The van der Waals surface area contributed by atoms with Crippen LogP contribution in [0.2, 0.25) is 0 Å². The van der Waals surface area contributed by atoms with Crippen molar-refractivity contribution >= 4 is 27.7 Å². The molecule has 21 heavy (non-hydrogen) atoms. The number of nitrogens with zero attached hydrogens (tertiary/aromatic N) is 3. The minimum absolute atomic E-state index is 0.180. The molecule has 1 amide bonds. The lowest BCUT2D eigenvalue weighted by Gasteiger charge is -2.10. The minimum atomic E-state index is -0.252. The largest absolute Gasteiger partial charge is 0.369 e. The van der Waals surface area contributed by atoms with Crippen molar-refractivity contribution in [2.45, 2.75) is 26.8 Å². The number of rotatable bonds is 6. The van der Waals surface area contributed by atoms with Crippen LogP contribution >= 0.6 is 15.9 Å². The molecule has 0 saturated heterocycles. The third-order valence-corrected chi connectivity index (χ3v) is 3.04. The number of carbonyl (C=O) groups excluding carboxylic acids is 1. The molecule has 0 bridgehead atoms. The summed E-state index contributed by atoms with van der Waals surface area (Å²) in [6.07, 6.45) is 2.59. The Morgan fingerprint density at radius 3 is 2.95 bits per heavy atom. The molecule has 0 spiro atoms. The molecule has 2 aromatic rings. The van der Waals surface area contributed by atoms with Gasteiger partial charge in [-0.25, -0.2) is 4.98 Å². The highest BCUT2D eigenvalue weighted by molar-refractivity contribution is 9.10. The number of hydrogen-bond acceptors (Lipinski definition) is 6. The first-order chi connectivity index (χ1) is 10.1. The number of aryl methyl sites for hydroxylation is 1. The van der Waals surface area contributed by atoms with E-state index in [2.05, 4.69) is 41.7 Å². The number of amides is 1. The highest BCUT2D eigenvalue weighted by Gasteiger charge is 2.14. The average molecular weight is 354 g/mol. The number of nitrogens with one attached hydrogen (secondary N) is 2. The quantitative estimate of drug-likeness (QED) is 0.827. The third kappa shape index (κ3) is 4.25. The maximum Gasteiger partial charge on any atom is 0.255 e. The number of pyridine rings is 1. The second kappa shape index (κ2) is 7.16. The molecule has 0 aliphatic carbocycles. The summed E-state index contributed by atoms with van der Waals surface area (Å²) in [5.74, 6) is 1.21. The molecule has 2 N–H and O–H groups in total. The van der Waals surface area contributed by atoms with Gasteiger partial charge in [-0.05, 0) is 35.3 Å². The number of carbonyl (C=O) groups is 1. The number of aromatic nitrogens is 3. The van der Waals surface area contributed by atoms with E-state index in [4.69, 9.17) is 4.52 Å². The predicted molar refractivity (Wildman–Crippen MR) is 80.9 cm³/mol. The minimum Gasteiger partial charge on any atom is -0.369 e. The Hall–Kier alpha value is -1.96. The van der Waals surface area contributed by atoms with E-state index in [-0.39, 0.29) is 12.5 Å². The fourth-order valence-corrected chi connectivity index (χ4v) is 1.99. The van der Waals surface area contributed by atoms with Crippen molar-refractivity contribution in [2.24, 2.45) is 0 Å². The van der Waals surface area contributed by atoms with Crippen molar-refractivity contribution < 1.29 is 9.32 Å². The van der Waals surface area contributed by atoms with Crippen LogP contribution in [-0.2, 0) is 6.54 Å². The number of anilines is 1. The van der Waals surface area contributed by atoms with Crippen LogP contribution in [0.3, 0.4) is 0 Å². The molecule has 0 unspecified atom stereocenters. The molecule has 2 aromatic heterocycles. The van der Waals surface area contributed by atoms with Gasteiger partial charge >= 0.3 is 0 Å². The zero-order valence-corrected chi connectivity index (χ0v) is 13.4. The van der Waals surface area contributed by atoms with Crippen LogP contribution in [0.25, 0.3) is 0 Å². The third-order valence-electron chi connectivity index (χ3n) is 2.61. The summed E-state index contributed by atoms with van der Waals surface area (Å²) in [6, 6.07) is 1.72. The fourth-order valence-electron chi connectivity index (χ4n) is 1.66. The highest BCUT2D eigenvalue weighted by Crippen LogP contribution is 2.18. The van der Waals surface area contributed by atoms with Crippen molar-refractivity contribution in [1.82, 2.24) is 20.4 Å². The predicted octanol–water partition coefficient (Wildman–Crippen LogP) is 2.29. The molecular formula is C13H16BrN5O2. The fraction of sp³-hybridized carbons (Fsp3) is 0.385. The molecule has 112 valence electrons. The molecule has 0 radical (unpaired) electrons. The van der Waals surface area contributed by atoms with Crippen LogP contribution in [0, 0.1) is 6.92 Å². The summed E-state index contributed by atoms with van der Waals surface area (Å²) in [4.78, 5) is 20.5. The molecule has 7 nitrogen and oxygen atoms in total. The Labute approximate surface area is 130 Å². The summed E-state index contributed by atoms with van der Waals surface area (Å²) in [7, 11) is 0. The average Bonchev–Trinajstić information content (AvgIpc) is 2.89. The number of halogens is 1. The topological polar surface area (TPSA) is 92.9 Å². The van der Waals surface area contributed by atoms with Gasteiger partial charge in [-0.3, -0.25) is 4.79 Å². The summed E-state index contributed by atoms with van der Waals surface area (Å²) in [5, 5.41) is 9.54. The van der Waals surface area contributed by atoms with Gasteiger partial charge in [0.05, 0.1) is 12.1 Å². The molecule has 0 saturated carbocycles. The van der Waals surface area contributed by atoms with E-state index in [9.17, 15) is 4.79 Å². The summed E-state index contributed by atoms with van der Waals surface area (Å²) in [6.45, 7) is 4.69. The SMILES string of the molecule is CCCNc1ncc(Br)cc1C(=O)NCc1nc(C)no1. The van der Waals surface area contributed by atoms with Crippen LogP contribution in [0.5, 0.6) is 0 Å². The Balaban J connectivity index is 2.08. The molecule has 0 aliphatic heterocycles. The second-order valence-corrected chi connectivity index (χ2v) is 5.31. The van der Waals surface area contributed by atoms with Gasteiger partial charge in [0.15, 0.2) is 5.82 Å². The van der Waals surface area contributed by atoms with Crippen LogP contribution < -0.4 is 10.6 Å². The van der Waals surface area contributed by atoms with Crippen molar-refractivity contribution in [1.29, 1.82) is 0 Å². The van der Waals surface area contributed by atoms with E-state index < -0.39 is 0 Å². The second-order valence-electron chi connectivity index (χ2n) is 4.39. The van der Waals surface area contributed by atoms with Crippen molar-refractivity contribution in [3.8, 4) is 0 Å². The monoisotopic (exact) mass is 353 g/mol. The van der Waals surface area contributed by atoms with E-state index in [1.807, 2.05) is 6.92 Å². The lowest BCUT2D eigenvalue weighted by Crippen LogP contribution is -2.24. The molecule has 0 aliphatic rings. The van der Waals surface area contributed by atoms with Crippen LogP contribution in [0.4, 0.5) is 5.82 Å². The van der Waals surface area contributed by atoms with E-state index in [0.717, 1.165) is 17.4 Å². The van der Waals surface area contributed by atoms with Crippen molar-refractivity contribution in [3.63, 3.8) is 0 Å². The van der Waals surface area contributed by atoms with Gasteiger partial charge in [0.1, 0.15) is 5.82 Å². The van der Waals surface area contributed by atoms with E-state index in [1.54, 1.807) is 19.2 Å². The molecule has 8 heteroatoms. The van der Waals surface area contributed by atoms with Gasteiger partial charge in [0.25, 0.3) is 5.91 Å². The Kier molecular flexibility index (Phi) is 5.26. The Morgan fingerprint density at radius 1 is 1.48 bits per heavy atom. The summed E-state index contributed by atoms with van der Waals surface area (Å²) >= 11 is 3.32. The lowest BCUT2D eigenvalue weighted by atomic mass is 10.2. The highest BCUT2D eigenvalue weighted by atomic mass is 79.9. The first-order valence-electron chi connectivity index (χ1n) is 6.57. The maximum atomic E-state index is 12.3. The van der Waals surface area contributed by atoms with Crippen molar-refractivity contribution in [2.75, 3.05) is 11.9 Å². The molecular weight excluding hydrogens is 338 g/mol. The molecule has 0 atom stereocenters. The van der Waals surface area contributed by atoms with Gasteiger partial charge in [0.2, 0.25) is 5.89 Å². The van der Waals surface area contributed by atoms with Gasteiger partial charge in [-0.2, -0.15) is 4.98 Å². The molecule has 0 fully saturated rings. The normalized spacial score (nSPS) is 10.4. The Morgan fingerprint density at radius 2 is 2.29 bits per heavy atom. The Bertz CT molecular complexity index is 629. The molecule has 2 rings (SSSR count). The first kappa shape index (κ1) is 15.4. The number of hydrogen-bond donors (Lipinski definition) is 2. The molecule has 0 aromatic carbocycles. The van der Waals surface area contributed by atoms with E-state index >= 15 is 0 Å². The van der Waals surface area contributed by atoms with Crippen LogP contribution in [0.15, 0.2) is 21.3 Å². The van der Waals surface area contributed by atoms with Crippen molar-refractivity contribution in [3.05, 3.63) is 34.0 Å². The van der Waals surface area contributed by atoms with Crippen LogP contribution in [-0.4, -0.2) is 27.6 Å². The summed E-state index contributed by atoms with van der Waals surface area (Å²) in [5.41, 5.74) is 0.467. The molecule has 2 heterocycles. The zero-order valence-electron chi connectivity index (χ0n) is 11.8. The van der Waals surface area contributed by atoms with Gasteiger partial charge in [-0.15, -0.1) is 0 Å². The maximum absolute atomic E-state index is 12.3. The van der Waals surface area contributed by atoms with Gasteiger partial charge < -0.3 is 15.2 Å². The van der Waals surface area contributed by atoms with Crippen LogP contribution in [0.1, 0.15) is 35.4 Å². The smallest absolute Gasteiger partial charge is 0.255 e. The van der Waals surface area contributed by atoms with Gasteiger partial charge in [0, 0.05) is 17.2 Å².